The zero-order chi connectivity index (χ0) is 17.2. The number of hydrogen-bond donors (Lipinski definition) is 4. The molecule has 0 amide bonds. The average molecular weight is 337 g/mol. The van der Waals surface area contributed by atoms with Crippen LogP contribution in [0.4, 0.5) is 0 Å². The number of ether oxygens (including phenoxy) is 1. The van der Waals surface area contributed by atoms with E-state index in [2.05, 4.69) is 15.4 Å². The van der Waals surface area contributed by atoms with Gasteiger partial charge in [-0.05, 0) is 44.8 Å². The van der Waals surface area contributed by atoms with E-state index in [4.69, 9.17) is 10.1 Å². The molecule has 0 radical (unpaired) electrons. The first-order valence-electron chi connectivity index (χ1n) is 7.86. The summed E-state index contributed by atoms with van der Waals surface area (Å²) >= 11 is 1.24. The summed E-state index contributed by atoms with van der Waals surface area (Å²) in [4.78, 5) is 2.32. The highest BCUT2D eigenvalue weighted by atomic mass is 32.2. The zero-order valence-electron chi connectivity index (χ0n) is 14.7. The molecule has 1 unspecified atom stereocenters. The fourth-order valence-electron chi connectivity index (χ4n) is 2.25. The Hall–Kier alpha value is -0.180. The quantitative estimate of drug-likeness (QED) is 0.186. The third-order valence-corrected chi connectivity index (χ3v) is 4.71. The largest absolute Gasteiger partial charge is 0.385 e. The van der Waals surface area contributed by atoms with Crippen LogP contribution in [0, 0.1) is 10.8 Å². The smallest absolute Gasteiger partial charge is 0.129 e. The van der Waals surface area contributed by atoms with Crippen molar-refractivity contribution >= 4 is 17.0 Å². The number of nitrogens with zero attached hydrogens (tertiary/aromatic N) is 1. The summed E-state index contributed by atoms with van der Waals surface area (Å²) in [5.74, 6) is 0. The molecular weight excluding hydrogens is 300 g/mol. The van der Waals surface area contributed by atoms with E-state index in [0.717, 1.165) is 39.0 Å². The Morgan fingerprint density at radius 3 is 2.73 bits per heavy atom. The van der Waals surface area contributed by atoms with Gasteiger partial charge in [0, 0.05) is 33.1 Å². The van der Waals surface area contributed by atoms with Crippen LogP contribution in [0.5, 0.6) is 0 Å². The molecule has 1 rings (SSSR count). The second-order valence-electron chi connectivity index (χ2n) is 6.34. The minimum absolute atomic E-state index is 0. The molecule has 0 saturated carbocycles. The molecule has 0 bridgehead atoms. The van der Waals surface area contributed by atoms with Crippen molar-refractivity contribution in [1.29, 1.82) is 5.41 Å². The van der Waals surface area contributed by atoms with Gasteiger partial charge >= 0.3 is 0 Å². The van der Waals surface area contributed by atoms with Crippen molar-refractivity contribution in [1.82, 2.24) is 9.62 Å². The van der Waals surface area contributed by atoms with Crippen LogP contribution in [0.3, 0.4) is 0 Å². The number of nitrogens with two attached hydrogens (primary N) is 1. The summed E-state index contributed by atoms with van der Waals surface area (Å²) in [6.45, 7) is 8.76. The molecule has 1 fully saturated rings. The summed E-state index contributed by atoms with van der Waals surface area (Å²) in [6, 6.07) is 0.145. The average Bonchev–Trinajstić information content (AvgIpc) is 2.94. The number of hydrogen-bond acceptors (Lipinski definition) is 7. The van der Waals surface area contributed by atoms with Crippen molar-refractivity contribution in [2.24, 2.45) is 11.1 Å². The Balaban J connectivity index is 0. The molecule has 1 heterocycles. The normalized spacial score (nSPS) is 20.4. The highest BCUT2D eigenvalue weighted by Crippen LogP contribution is 2.24. The lowest BCUT2D eigenvalue weighted by Gasteiger charge is -2.29. The predicted molar refractivity (Wildman–Crippen MR) is 97.2 cm³/mol. The minimum Gasteiger partial charge on any atom is -0.385 e. The summed E-state index contributed by atoms with van der Waals surface area (Å²) in [5.41, 5.74) is 4.32. The minimum atomic E-state index is -0.590. The van der Waals surface area contributed by atoms with Gasteiger partial charge in [-0.15, -0.1) is 0 Å². The molecule has 1 saturated heterocycles. The highest BCUT2D eigenvalue weighted by Gasteiger charge is 2.31. The van der Waals surface area contributed by atoms with Gasteiger partial charge in [0.2, 0.25) is 0 Å². The van der Waals surface area contributed by atoms with Crippen molar-refractivity contribution in [2.75, 3.05) is 33.9 Å². The number of methoxy groups -OCH3 is 1. The lowest BCUT2D eigenvalue weighted by molar-refractivity contribution is 0.0622. The Bertz CT molecular complexity index is 316. The molecule has 1 aliphatic heterocycles. The van der Waals surface area contributed by atoms with Crippen LogP contribution in [0.2, 0.25) is 0 Å². The molecule has 0 aromatic heterocycles. The molecule has 5 N–H and O–H groups in total. The Morgan fingerprint density at radius 2 is 2.18 bits per heavy atom. The van der Waals surface area contributed by atoms with Gasteiger partial charge in [-0.2, -0.15) is 0 Å². The van der Waals surface area contributed by atoms with E-state index in [1.165, 1.54) is 19.0 Å². The Kier molecular flexibility index (Phi) is 11.3. The maximum atomic E-state index is 10.3. The van der Waals surface area contributed by atoms with Crippen molar-refractivity contribution in [3.8, 4) is 0 Å². The van der Waals surface area contributed by atoms with Crippen LogP contribution in [0.1, 0.15) is 41.5 Å². The molecule has 0 aromatic carbocycles. The maximum absolute atomic E-state index is 10.3. The van der Waals surface area contributed by atoms with Crippen molar-refractivity contribution in [3.05, 3.63) is 0 Å². The van der Waals surface area contributed by atoms with Gasteiger partial charge < -0.3 is 15.6 Å². The molecule has 1 aliphatic rings. The first kappa shape index (κ1) is 21.8. The standard InChI is InChI=1S/C14H29N3O2S.CH5N.H2/c1-14(2,3)13(15)20-16-12(18)11-7-5-8-17(11)9-6-10-19-4;1-2;/h11-12,15-16,18H,5-10H2,1-4H3;2H2,1H3;1H/t11-,12?;;/m0../s1. The van der Waals surface area contributed by atoms with E-state index in [1.807, 2.05) is 20.8 Å². The molecule has 0 aliphatic carbocycles. The van der Waals surface area contributed by atoms with Gasteiger partial charge in [0.1, 0.15) is 6.23 Å². The monoisotopic (exact) mass is 336 g/mol. The van der Waals surface area contributed by atoms with Crippen molar-refractivity contribution in [3.63, 3.8) is 0 Å². The van der Waals surface area contributed by atoms with Crippen LogP contribution >= 0.6 is 11.9 Å². The maximum Gasteiger partial charge on any atom is 0.129 e. The van der Waals surface area contributed by atoms with Crippen LogP contribution in [-0.4, -0.2) is 61.2 Å². The number of nitrogens with one attached hydrogen (secondary N) is 2. The van der Waals surface area contributed by atoms with Crippen LogP contribution < -0.4 is 10.5 Å². The van der Waals surface area contributed by atoms with Gasteiger partial charge in [-0.1, -0.05) is 20.8 Å². The van der Waals surface area contributed by atoms with Gasteiger partial charge in [0.15, 0.2) is 0 Å². The molecule has 0 aromatic rings. The van der Waals surface area contributed by atoms with Crippen LogP contribution in [0.15, 0.2) is 0 Å². The first-order chi connectivity index (χ1) is 10.4. The summed E-state index contributed by atoms with van der Waals surface area (Å²) in [6.07, 6.45) is 2.53. The molecule has 7 heteroatoms. The predicted octanol–water partition coefficient (Wildman–Crippen LogP) is 1.89. The number of rotatable bonds is 7. The molecular formula is C15H36N4O2S. The number of likely N-dealkylation sites (tertiary alicyclic amines) is 1. The van der Waals surface area contributed by atoms with Crippen molar-refractivity contribution < 1.29 is 11.3 Å². The fourth-order valence-corrected chi connectivity index (χ4v) is 2.95. The molecule has 6 nitrogen and oxygen atoms in total. The van der Waals surface area contributed by atoms with Crippen LogP contribution in [0.25, 0.3) is 0 Å². The third kappa shape index (κ3) is 7.89. The Labute approximate surface area is 141 Å². The van der Waals surface area contributed by atoms with E-state index in [0.29, 0.717) is 5.04 Å². The lowest BCUT2D eigenvalue weighted by Crippen LogP contribution is -2.45. The molecule has 2 atom stereocenters. The molecule has 134 valence electrons. The van der Waals surface area contributed by atoms with Gasteiger partial charge in [-0.3, -0.25) is 10.3 Å². The van der Waals surface area contributed by atoms with Crippen molar-refractivity contribution in [2.45, 2.75) is 52.3 Å². The van der Waals surface area contributed by atoms with E-state index in [1.54, 1.807) is 7.11 Å². The van der Waals surface area contributed by atoms with Gasteiger partial charge in [-0.25, -0.2) is 4.72 Å². The van der Waals surface area contributed by atoms with Gasteiger partial charge in [0.25, 0.3) is 0 Å². The second kappa shape index (κ2) is 11.4. The summed E-state index contributed by atoms with van der Waals surface area (Å²) in [7, 11) is 3.21. The lowest BCUT2D eigenvalue weighted by atomic mass is 9.99. The van der Waals surface area contributed by atoms with E-state index >= 15 is 0 Å². The zero-order valence-corrected chi connectivity index (χ0v) is 15.5. The highest BCUT2D eigenvalue weighted by molar-refractivity contribution is 8.12. The SMILES string of the molecule is CN.COCCCN1CCC[C@H]1C(O)NSC(=N)C(C)(C)C.[HH]. The summed E-state index contributed by atoms with van der Waals surface area (Å²) < 4.78 is 8.10. The number of aliphatic hydroxyl groups excluding tert-OH is 1. The van der Waals surface area contributed by atoms with Crippen LogP contribution in [-0.2, 0) is 4.74 Å². The number of aliphatic hydroxyl groups is 1. The Morgan fingerprint density at radius 1 is 1.55 bits per heavy atom. The van der Waals surface area contributed by atoms with Gasteiger partial charge in [0.05, 0.1) is 5.04 Å². The topological polar surface area (TPSA) is 94.6 Å². The summed E-state index contributed by atoms with van der Waals surface area (Å²) in [5, 5.41) is 18.8. The molecule has 0 spiro atoms. The third-order valence-electron chi connectivity index (χ3n) is 3.54. The van der Waals surface area contributed by atoms with E-state index in [-0.39, 0.29) is 12.9 Å². The second-order valence-corrected chi connectivity index (χ2v) is 7.18. The van der Waals surface area contributed by atoms with E-state index < -0.39 is 6.23 Å². The molecule has 22 heavy (non-hydrogen) atoms. The fraction of sp³-hybridized carbons (Fsp3) is 0.933. The van der Waals surface area contributed by atoms with E-state index in [9.17, 15) is 5.11 Å². The first-order valence-corrected chi connectivity index (χ1v) is 8.68.